The van der Waals surface area contributed by atoms with E-state index < -0.39 is 0 Å². The van der Waals surface area contributed by atoms with Crippen molar-refractivity contribution >= 4 is 6.08 Å². The Kier molecular flexibility index (Phi) is 6.23. The molecule has 0 aromatic heterocycles. The first-order valence-electron chi connectivity index (χ1n) is 6.20. The van der Waals surface area contributed by atoms with Crippen LogP contribution in [0.25, 0.3) is 6.08 Å². The summed E-state index contributed by atoms with van der Waals surface area (Å²) in [5, 5.41) is 0. The largest absolute Gasteiger partial charge is 0.493 e. The first-order chi connectivity index (χ1) is 8.31. The lowest BCUT2D eigenvalue weighted by atomic mass is 10.1. The van der Waals surface area contributed by atoms with E-state index in [1.165, 1.54) is 19.3 Å². The summed E-state index contributed by atoms with van der Waals surface area (Å²) < 4.78 is 10.5. The van der Waals surface area contributed by atoms with E-state index in [4.69, 9.17) is 9.47 Å². The molecule has 0 saturated heterocycles. The Hall–Kier alpha value is -1.44. The van der Waals surface area contributed by atoms with Gasteiger partial charge in [0.1, 0.15) is 0 Å². The van der Waals surface area contributed by atoms with Gasteiger partial charge in [-0.2, -0.15) is 0 Å². The SMILES string of the molecule is CCCCC/C=C/c1ccc(OC)c(OC)c1. The molecular weight excluding hydrogens is 212 g/mol. The topological polar surface area (TPSA) is 18.5 Å². The lowest BCUT2D eigenvalue weighted by Crippen LogP contribution is -1.90. The van der Waals surface area contributed by atoms with Crippen molar-refractivity contribution < 1.29 is 9.47 Å². The Morgan fingerprint density at radius 3 is 2.47 bits per heavy atom. The van der Waals surface area contributed by atoms with E-state index >= 15 is 0 Å². The van der Waals surface area contributed by atoms with E-state index in [1.54, 1.807) is 14.2 Å². The number of unbranched alkanes of at least 4 members (excludes halogenated alkanes) is 3. The van der Waals surface area contributed by atoms with Crippen molar-refractivity contribution in [3.8, 4) is 11.5 Å². The summed E-state index contributed by atoms with van der Waals surface area (Å²) in [5.74, 6) is 1.55. The van der Waals surface area contributed by atoms with Crippen LogP contribution in [-0.2, 0) is 0 Å². The number of hydrogen-bond acceptors (Lipinski definition) is 2. The molecule has 0 saturated carbocycles. The highest BCUT2D eigenvalue weighted by Crippen LogP contribution is 2.28. The molecule has 0 radical (unpaired) electrons. The molecule has 2 heteroatoms. The summed E-state index contributed by atoms with van der Waals surface area (Å²) in [6.45, 7) is 2.22. The molecule has 1 aromatic rings. The lowest BCUT2D eigenvalue weighted by molar-refractivity contribution is 0.355. The summed E-state index contributed by atoms with van der Waals surface area (Å²) in [5.41, 5.74) is 1.15. The van der Waals surface area contributed by atoms with Gasteiger partial charge in [0, 0.05) is 0 Å². The Bertz CT molecular complexity index is 356. The van der Waals surface area contributed by atoms with E-state index in [1.807, 2.05) is 18.2 Å². The molecular formula is C15H22O2. The minimum Gasteiger partial charge on any atom is -0.493 e. The molecule has 0 heterocycles. The van der Waals surface area contributed by atoms with Gasteiger partial charge in [0.2, 0.25) is 0 Å². The van der Waals surface area contributed by atoms with Crippen LogP contribution in [0.5, 0.6) is 11.5 Å². The fourth-order valence-corrected chi connectivity index (χ4v) is 1.69. The second-order valence-electron chi connectivity index (χ2n) is 4.01. The molecule has 0 aliphatic heterocycles. The van der Waals surface area contributed by atoms with Crippen LogP contribution in [0.3, 0.4) is 0 Å². The molecule has 0 aliphatic rings. The Labute approximate surface area is 104 Å². The summed E-state index contributed by atoms with van der Waals surface area (Å²) in [7, 11) is 3.31. The van der Waals surface area contributed by atoms with Crippen LogP contribution in [0, 0.1) is 0 Å². The van der Waals surface area contributed by atoms with Crippen LogP contribution in [0.15, 0.2) is 24.3 Å². The monoisotopic (exact) mass is 234 g/mol. The zero-order valence-electron chi connectivity index (χ0n) is 11.0. The molecule has 0 spiro atoms. The smallest absolute Gasteiger partial charge is 0.161 e. The third kappa shape index (κ3) is 4.51. The molecule has 0 bridgehead atoms. The van der Waals surface area contributed by atoms with Crippen molar-refractivity contribution in [3.63, 3.8) is 0 Å². The summed E-state index contributed by atoms with van der Waals surface area (Å²) >= 11 is 0. The molecule has 0 atom stereocenters. The quantitative estimate of drug-likeness (QED) is 0.655. The minimum absolute atomic E-state index is 0.774. The van der Waals surface area contributed by atoms with Gasteiger partial charge < -0.3 is 9.47 Å². The predicted octanol–water partition coefficient (Wildman–Crippen LogP) is 4.30. The van der Waals surface area contributed by atoms with E-state index in [2.05, 4.69) is 19.1 Å². The average molecular weight is 234 g/mol. The maximum Gasteiger partial charge on any atom is 0.161 e. The highest BCUT2D eigenvalue weighted by Gasteiger charge is 2.02. The highest BCUT2D eigenvalue weighted by molar-refractivity contribution is 5.55. The molecule has 1 aromatic carbocycles. The van der Waals surface area contributed by atoms with E-state index in [-0.39, 0.29) is 0 Å². The van der Waals surface area contributed by atoms with Crippen molar-refractivity contribution in [2.75, 3.05) is 14.2 Å². The summed E-state index contributed by atoms with van der Waals surface area (Å²) in [4.78, 5) is 0. The van der Waals surface area contributed by atoms with Gasteiger partial charge in [0.05, 0.1) is 14.2 Å². The van der Waals surface area contributed by atoms with Crippen molar-refractivity contribution in [2.24, 2.45) is 0 Å². The van der Waals surface area contributed by atoms with Gasteiger partial charge in [0.25, 0.3) is 0 Å². The van der Waals surface area contributed by atoms with Crippen molar-refractivity contribution in [2.45, 2.75) is 32.6 Å². The second kappa shape index (κ2) is 7.77. The number of ether oxygens (including phenoxy) is 2. The molecule has 17 heavy (non-hydrogen) atoms. The van der Waals surface area contributed by atoms with Gasteiger partial charge in [-0.3, -0.25) is 0 Å². The fourth-order valence-electron chi connectivity index (χ4n) is 1.69. The molecule has 0 N–H and O–H groups in total. The highest BCUT2D eigenvalue weighted by atomic mass is 16.5. The van der Waals surface area contributed by atoms with Crippen molar-refractivity contribution in [3.05, 3.63) is 29.8 Å². The number of rotatable bonds is 7. The van der Waals surface area contributed by atoms with Crippen LogP contribution >= 0.6 is 0 Å². The molecule has 0 unspecified atom stereocenters. The summed E-state index contributed by atoms with van der Waals surface area (Å²) in [6, 6.07) is 5.97. The van der Waals surface area contributed by atoms with E-state index in [9.17, 15) is 0 Å². The van der Waals surface area contributed by atoms with Crippen molar-refractivity contribution in [1.29, 1.82) is 0 Å². The number of hydrogen-bond donors (Lipinski definition) is 0. The van der Waals surface area contributed by atoms with Gasteiger partial charge in [-0.05, 0) is 30.5 Å². The lowest BCUT2D eigenvalue weighted by Gasteiger charge is -2.07. The van der Waals surface area contributed by atoms with E-state index in [0.717, 1.165) is 23.5 Å². The van der Waals surface area contributed by atoms with Crippen LogP contribution in [0.2, 0.25) is 0 Å². The number of allylic oxidation sites excluding steroid dienone is 1. The average Bonchev–Trinajstić information content (AvgIpc) is 2.38. The molecule has 0 fully saturated rings. The molecule has 0 aliphatic carbocycles. The van der Waals surface area contributed by atoms with E-state index in [0.29, 0.717) is 0 Å². The van der Waals surface area contributed by atoms with Gasteiger partial charge in [0.15, 0.2) is 11.5 Å². The maximum atomic E-state index is 5.26. The van der Waals surface area contributed by atoms with Crippen LogP contribution < -0.4 is 9.47 Å². The first-order valence-corrected chi connectivity index (χ1v) is 6.20. The van der Waals surface area contributed by atoms with Crippen LogP contribution in [0.1, 0.15) is 38.2 Å². The minimum atomic E-state index is 0.774. The standard InChI is InChI=1S/C15H22O2/c1-4-5-6-7-8-9-13-10-11-14(16-2)15(12-13)17-3/h8-12H,4-7H2,1-3H3/b9-8+. The fraction of sp³-hybridized carbons (Fsp3) is 0.467. The van der Waals surface area contributed by atoms with Crippen molar-refractivity contribution in [1.82, 2.24) is 0 Å². The maximum absolute atomic E-state index is 5.26. The number of methoxy groups -OCH3 is 2. The molecule has 2 nitrogen and oxygen atoms in total. The zero-order chi connectivity index (χ0) is 12.5. The molecule has 0 amide bonds. The van der Waals surface area contributed by atoms with Crippen LogP contribution in [0.4, 0.5) is 0 Å². The molecule has 1 rings (SSSR count). The third-order valence-corrected chi connectivity index (χ3v) is 2.69. The first kappa shape index (κ1) is 13.6. The second-order valence-corrected chi connectivity index (χ2v) is 4.01. The van der Waals surface area contributed by atoms with Gasteiger partial charge in [-0.15, -0.1) is 0 Å². The molecule has 94 valence electrons. The van der Waals surface area contributed by atoms with Gasteiger partial charge in [-0.25, -0.2) is 0 Å². The Morgan fingerprint density at radius 2 is 1.82 bits per heavy atom. The predicted molar refractivity (Wildman–Crippen MR) is 72.7 cm³/mol. The van der Waals surface area contributed by atoms with Gasteiger partial charge in [-0.1, -0.05) is 38.0 Å². The number of benzene rings is 1. The normalized spacial score (nSPS) is 10.8. The Balaban J connectivity index is 2.59. The summed E-state index contributed by atoms with van der Waals surface area (Å²) in [6.07, 6.45) is 9.33. The Morgan fingerprint density at radius 1 is 1.06 bits per heavy atom. The third-order valence-electron chi connectivity index (χ3n) is 2.69. The van der Waals surface area contributed by atoms with Crippen LogP contribution in [-0.4, -0.2) is 14.2 Å². The zero-order valence-corrected chi connectivity index (χ0v) is 11.0. The van der Waals surface area contributed by atoms with Gasteiger partial charge >= 0.3 is 0 Å².